The molecule has 0 radical (unpaired) electrons. The second kappa shape index (κ2) is 9.27. The second-order valence-electron chi connectivity index (χ2n) is 5.46. The average molecular weight is 346 g/mol. The summed E-state index contributed by atoms with van der Waals surface area (Å²) in [7, 11) is 4.03. The van der Waals surface area contributed by atoms with Gasteiger partial charge in [-0.15, -0.1) is 0 Å². The van der Waals surface area contributed by atoms with Crippen LogP contribution in [0.2, 0.25) is 0 Å². The first kappa shape index (κ1) is 20.0. The molecule has 1 aromatic carbocycles. The third-order valence-corrected chi connectivity index (χ3v) is 3.04. The molecule has 2 N–H and O–H groups in total. The number of benzene rings is 1. The number of carbonyl (C=O) groups is 1. The maximum atomic E-state index is 12.7. The molecule has 134 valence electrons. The predicted molar refractivity (Wildman–Crippen MR) is 85.1 cm³/mol. The van der Waals surface area contributed by atoms with Crippen LogP contribution in [-0.4, -0.2) is 45.7 Å². The highest BCUT2D eigenvalue weighted by molar-refractivity contribution is 6.04. The monoisotopic (exact) mass is 346 g/mol. The average Bonchev–Trinajstić information content (AvgIpc) is 2.50. The van der Waals surface area contributed by atoms with Crippen LogP contribution in [-0.2, 0) is 10.9 Å². The number of quaternary nitrogens is 1. The topological polar surface area (TPSA) is 55.1 Å². The van der Waals surface area contributed by atoms with Crippen LogP contribution in [0.4, 0.5) is 13.2 Å². The molecule has 1 rings (SSSR count). The zero-order chi connectivity index (χ0) is 18.2. The number of hydrogen-bond donors (Lipinski definition) is 2. The fraction of sp³-hybridized carbons (Fsp3) is 0.500. The number of alkyl halides is 3. The van der Waals surface area contributed by atoms with Crippen molar-refractivity contribution in [3.05, 3.63) is 35.4 Å². The maximum absolute atomic E-state index is 12.7. The molecule has 1 amide bonds. The third kappa shape index (κ3) is 6.99. The van der Waals surface area contributed by atoms with E-state index in [-0.39, 0.29) is 11.6 Å². The second-order valence-corrected chi connectivity index (χ2v) is 5.46. The third-order valence-electron chi connectivity index (χ3n) is 3.04. The smallest absolute Gasteiger partial charge is 0.416 e. The number of amidine groups is 1. The summed E-state index contributed by atoms with van der Waals surface area (Å²) in [4.78, 5) is 17.5. The molecule has 0 atom stereocenters. The van der Waals surface area contributed by atoms with Gasteiger partial charge in [-0.25, -0.2) is 4.99 Å². The Kier molecular flexibility index (Phi) is 7.70. The van der Waals surface area contributed by atoms with Gasteiger partial charge < -0.3 is 9.64 Å². The molecule has 0 aliphatic rings. The molecule has 0 unspecified atom stereocenters. The Bertz CT molecular complexity index is 572. The van der Waals surface area contributed by atoms with E-state index in [2.05, 4.69) is 10.3 Å². The Labute approximate surface area is 139 Å². The molecule has 0 heterocycles. The number of ether oxygens (including phenoxy) is 1. The normalized spacial score (nSPS) is 12.4. The van der Waals surface area contributed by atoms with E-state index in [0.29, 0.717) is 13.2 Å². The zero-order valence-electron chi connectivity index (χ0n) is 14.0. The van der Waals surface area contributed by atoms with Crippen molar-refractivity contribution in [2.45, 2.75) is 19.5 Å². The van der Waals surface area contributed by atoms with Crippen molar-refractivity contribution in [2.24, 2.45) is 4.99 Å². The largest absolute Gasteiger partial charge is 0.465 e. The maximum Gasteiger partial charge on any atom is 0.416 e. The van der Waals surface area contributed by atoms with Gasteiger partial charge in [0.2, 0.25) is 0 Å². The Morgan fingerprint density at radius 1 is 1.33 bits per heavy atom. The van der Waals surface area contributed by atoms with Crippen LogP contribution < -0.4 is 10.2 Å². The lowest BCUT2D eigenvalue weighted by molar-refractivity contribution is -0.858. The van der Waals surface area contributed by atoms with E-state index in [1.807, 2.05) is 14.1 Å². The Hall–Kier alpha value is -2.09. The molecule has 1 aromatic rings. The number of aliphatic imine (C=N–C) groups is 1. The van der Waals surface area contributed by atoms with Crippen molar-refractivity contribution in [3.63, 3.8) is 0 Å². The summed E-state index contributed by atoms with van der Waals surface area (Å²) in [5.74, 6) is -0.688. The minimum Gasteiger partial charge on any atom is -0.465 e. The molecule has 24 heavy (non-hydrogen) atoms. The zero-order valence-corrected chi connectivity index (χ0v) is 14.0. The summed E-state index contributed by atoms with van der Waals surface area (Å²) in [5.41, 5.74) is -0.978. The lowest BCUT2D eigenvalue weighted by atomic mass is 10.1. The fourth-order valence-corrected chi connectivity index (χ4v) is 1.88. The van der Waals surface area contributed by atoms with Gasteiger partial charge in [-0.1, -0.05) is 6.07 Å². The van der Waals surface area contributed by atoms with Crippen LogP contribution in [0.25, 0.3) is 0 Å². The van der Waals surface area contributed by atoms with Gasteiger partial charge in [0.25, 0.3) is 11.9 Å². The van der Waals surface area contributed by atoms with E-state index in [4.69, 9.17) is 4.74 Å². The van der Waals surface area contributed by atoms with E-state index in [1.54, 1.807) is 6.92 Å². The Morgan fingerprint density at radius 3 is 2.62 bits per heavy atom. The number of hydrogen-bond acceptors (Lipinski definition) is 3. The van der Waals surface area contributed by atoms with Crippen molar-refractivity contribution in [3.8, 4) is 0 Å². The molecule has 0 aliphatic heterocycles. The van der Waals surface area contributed by atoms with E-state index in [1.165, 1.54) is 17.0 Å². The highest BCUT2D eigenvalue weighted by atomic mass is 19.4. The molecule has 0 aliphatic carbocycles. The minimum absolute atomic E-state index is 0.0219. The first-order chi connectivity index (χ1) is 11.2. The van der Waals surface area contributed by atoms with Gasteiger partial charge in [0.15, 0.2) is 0 Å². The van der Waals surface area contributed by atoms with Crippen LogP contribution in [0.15, 0.2) is 29.3 Å². The van der Waals surface area contributed by atoms with Crippen LogP contribution in [0, 0.1) is 0 Å². The first-order valence-electron chi connectivity index (χ1n) is 7.69. The van der Waals surface area contributed by atoms with Gasteiger partial charge >= 0.3 is 6.18 Å². The summed E-state index contributed by atoms with van der Waals surface area (Å²) in [6.07, 6.45) is -3.69. The SMILES string of the molecule is CCOC(=NCCC[NH+](C)C)NC(=O)c1cccc(C(F)(F)F)c1. The quantitative estimate of drug-likeness (QED) is 0.464. The molecule has 8 heteroatoms. The van der Waals surface area contributed by atoms with E-state index in [0.717, 1.165) is 25.1 Å². The lowest BCUT2D eigenvalue weighted by Crippen LogP contribution is -3.05. The summed E-state index contributed by atoms with van der Waals surface area (Å²) in [6.45, 7) is 3.39. The van der Waals surface area contributed by atoms with Gasteiger partial charge in [0.05, 0.1) is 32.8 Å². The number of halogens is 3. The number of amides is 1. The highest BCUT2D eigenvalue weighted by Gasteiger charge is 2.31. The number of carbonyl (C=O) groups excluding carboxylic acids is 1. The fourth-order valence-electron chi connectivity index (χ4n) is 1.88. The minimum atomic E-state index is -4.50. The highest BCUT2D eigenvalue weighted by Crippen LogP contribution is 2.29. The Morgan fingerprint density at radius 2 is 2.04 bits per heavy atom. The van der Waals surface area contributed by atoms with Gasteiger partial charge in [-0.3, -0.25) is 10.1 Å². The van der Waals surface area contributed by atoms with Gasteiger partial charge in [-0.2, -0.15) is 13.2 Å². The molecule has 0 saturated carbocycles. The summed E-state index contributed by atoms with van der Waals surface area (Å²) < 4.78 is 43.3. The van der Waals surface area contributed by atoms with E-state index < -0.39 is 17.6 Å². The van der Waals surface area contributed by atoms with Crippen molar-refractivity contribution < 1.29 is 27.6 Å². The van der Waals surface area contributed by atoms with Crippen molar-refractivity contribution in [1.29, 1.82) is 0 Å². The summed E-state index contributed by atoms with van der Waals surface area (Å²) in [5, 5.41) is 2.42. The first-order valence-corrected chi connectivity index (χ1v) is 7.69. The Balaban J connectivity index is 2.76. The van der Waals surface area contributed by atoms with Crippen LogP contribution in [0.5, 0.6) is 0 Å². The van der Waals surface area contributed by atoms with Crippen molar-refractivity contribution >= 4 is 11.9 Å². The number of nitrogens with zero attached hydrogens (tertiary/aromatic N) is 1. The van der Waals surface area contributed by atoms with Crippen molar-refractivity contribution in [2.75, 3.05) is 33.8 Å². The van der Waals surface area contributed by atoms with Crippen LogP contribution in [0.1, 0.15) is 29.3 Å². The molecular weight excluding hydrogens is 323 g/mol. The molecule has 5 nitrogen and oxygen atoms in total. The van der Waals surface area contributed by atoms with Gasteiger partial charge in [0, 0.05) is 18.5 Å². The molecule has 0 saturated heterocycles. The van der Waals surface area contributed by atoms with Gasteiger partial charge in [-0.05, 0) is 25.1 Å². The molecule has 0 fully saturated rings. The van der Waals surface area contributed by atoms with Gasteiger partial charge in [0.1, 0.15) is 0 Å². The standard InChI is InChI=1S/C16H22F3N3O2/c1-4-24-15(20-9-6-10-22(2)3)21-14(23)12-7-5-8-13(11-12)16(17,18)19/h5,7-8,11H,4,6,9-10H2,1-3H3,(H,20,21,23)/p+1. The van der Waals surface area contributed by atoms with Crippen LogP contribution in [0.3, 0.4) is 0 Å². The molecule has 0 bridgehead atoms. The summed E-state index contributed by atoms with van der Waals surface area (Å²) >= 11 is 0. The predicted octanol–water partition coefficient (Wildman–Crippen LogP) is 1.36. The van der Waals surface area contributed by atoms with Crippen LogP contribution >= 0.6 is 0 Å². The number of nitrogens with one attached hydrogen (secondary N) is 2. The van der Waals surface area contributed by atoms with Crippen molar-refractivity contribution in [1.82, 2.24) is 5.32 Å². The molecular formula is C16H23F3N3O2+. The number of rotatable bonds is 6. The van der Waals surface area contributed by atoms with E-state index in [9.17, 15) is 18.0 Å². The molecule has 0 aromatic heterocycles. The van der Waals surface area contributed by atoms with E-state index >= 15 is 0 Å². The lowest BCUT2D eigenvalue weighted by Gasteiger charge is -2.11. The molecule has 0 spiro atoms. The summed E-state index contributed by atoms with van der Waals surface area (Å²) in [6, 6.07) is 4.24.